The monoisotopic (exact) mass is 181 g/mol. The Hall–Kier alpha value is -0.840. The molecular weight excluding hydrogens is 181 g/mol. The Bertz CT molecular complexity index is 260. The van der Waals surface area contributed by atoms with Crippen LogP contribution in [0.5, 0.6) is 0 Å². The van der Waals surface area contributed by atoms with E-state index in [0.717, 1.165) is 0 Å². The first-order chi connectivity index (χ1) is 5.00. The van der Waals surface area contributed by atoms with E-state index in [1.54, 1.807) is 6.33 Å². The van der Waals surface area contributed by atoms with Crippen LogP contribution in [0.2, 0.25) is 5.15 Å². The predicted molar refractivity (Wildman–Crippen MR) is 30.9 cm³/mol. The van der Waals surface area contributed by atoms with Crippen LogP contribution in [-0.2, 0) is 6.18 Å². The fraction of sp³-hybridized carbons (Fsp3) is 0.200. The maximum Gasteiger partial charge on any atom is 0.433 e. The Morgan fingerprint density at radius 1 is 1.36 bits per heavy atom. The molecule has 0 N–H and O–H groups in total. The lowest BCUT2D eigenvalue weighted by Crippen LogP contribution is -2.07. The smallest absolute Gasteiger partial charge is 0.221 e. The third kappa shape index (κ3) is 2.04. The third-order valence-electron chi connectivity index (χ3n) is 0.874. The van der Waals surface area contributed by atoms with Gasteiger partial charge in [-0.3, -0.25) is 0 Å². The molecule has 0 aromatic carbocycles. The highest BCUT2D eigenvalue weighted by atomic mass is 35.5. The van der Waals surface area contributed by atoms with Gasteiger partial charge in [0.15, 0.2) is 6.33 Å². The molecule has 1 aromatic heterocycles. The fourth-order valence-corrected chi connectivity index (χ4v) is 0.590. The summed E-state index contributed by atoms with van der Waals surface area (Å²) in [6.07, 6.45) is -2.70. The molecule has 0 bridgehead atoms. The van der Waals surface area contributed by atoms with Crippen molar-refractivity contribution in [3.05, 3.63) is 23.2 Å². The van der Waals surface area contributed by atoms with E-state index in [1.807, 2.05) is 0 Å². The lowest BCUT2D eigenvalue weighted by molar-refractivity contribution is -0.141. The summed E-state index contributed by atoms with van der Waals surface area (Å²) < 4.78 is 35.4. The zero-order valence-electron chi connectivity index (χ0n) is 4.98. The molecule has 2 nitrogen and oxygen atoms in total. The van der Waals surface area contributed by atoms with E-state index in [-0.39, 0.29) is 5.15 Å². The van der Waals surface area contributed by atoms with Crippen molar-refractivity contribution in [2.45, 2.75) is 6.18 Å². The topological polar surface area (TPSA) is 25.8 Å². The van der Waals surface area contributed by atoms with Crippen molar-refractivity contribution in [3.63, 3.8) is 0 Å². The predicted octanol–water partition coefficient (Wildman–Crippen LogP) is 1.95. The Morgan fingerprint density at radius 3 is 2.36 bits per heavy atom. The molecule has 0 fully saturated rings. The summed E-state index contributed by atoms with van der Waals surface area (Å²) in [4.78, 5) is 6.05. The first kappa shape index (κ1) is 8.26. The van der Waals surface area contributed by atoms with Crippen molar-refractivity contribution in [3.8, 4) is 0 Å². The van der Waals surface area contributed by atoms with Crippen LogP contribution in [0.25, 0.3) is 0 Å². The molecule has 0 aliphatic rings. The molecule has 0 saturated heterocycles. The molecule has 0 amide bonds. The second-order valence-electron chi connectivity index (χ2n) is 1.67. The molecule has 0 aliphatic heterocycles. The van der Waals surface area contributed by atoms with Gasteiger partial charge in [0.25, 0.3) is 0 Å². The summed E-state index contributed by atoms with van der Waals surface area (Å²) in [5.74, 6) is 0. The minimum Gasteiger partial charge on any atom is -0.221 e. The van der Waals surface area contributed by atoms with Crippen molar-refractivity contribution < 1.29 is 13.2 Å². The normalized spacial score (nSPS) is 11.6. The van der Waals surface area contributed by atoms with E-state index in [2.05, 4.69) is 9.97 Å². The van der Waals surface area contributed by atoms with Gasteiger partial charge < -0.3 is 0 Å². The Kier molecular flexibility index (Phi) is 1.99. The van der Waals surface area contributed by atoms with Crippen LogP contribution < -0.4 is 0 Å². The summed E-state index contributed by atoms with van der Waals surface area (Å²) in [6, 6.07) is 0.637. The second kappa shape index (κ2) is 2.65. The number of hydrogen-bond acceptors (Lipinski definition) is 2. The van der Waals surface area contributed by atoms with Crippen LogP contribution in [0.4, 0.5) is 13.2 Å². The van der Waals surface area contributed by atoms with Gasteiger partial charge >= 0.3 is 6.18 Å². The highest BCUT2D eigenvalue weighted by Crippen LogP contribution is 2.27. The van der Waals surface area contributed by atoms with Crippen LogP contribution in [0.3, 0.4) is 0 Å². The Balaban J connectivity index is 3.06. The van der Waals surface area contributed by atoms with Gasteiger partial charge in [0.05, 0.1) is 0 Å². The zero-order valence-corrected chi connectivity index (χ0v) is 5.74. The quantitative estimate of drug-likeness (QED) is 0.572. The summed E-state index contributed by atoms with van der Waals surface area (Å²) >= 11 is 5.17. The largest absolute Gasteiger partial charge is 0.433 e. The van der Waals surface area contributed by atoms with Crippen molar-refractivity contribution >= 4 is 11.6 Å². The minimum atomic E-state index is -4.48. The van der Waals surface area contributed by atoms with Gasteiger partial charge in [0, 0.05) is 6.07 Å². The molecule has 0 aliphatic carbocycles. The van der Waals surface area contributed by atoms with Crippen molar-refractivity contribution in [1.82, 2.24) is 9.97 Å². The molecule has 59 valence electrons. The Morgan fingerprint density at radius 2 is 2.00 bits per heavy atom. The number of aromatic nitrogens is 2. The molecular formula is C5HClF3N2. The number of nitrogens with zero attached hydrogens (tertiary/aromatic N) is 2. The number of hydrogen-bond donors (Lipinski definition) is 0. The molecule has 0 unspecified atom stereocenters. The Labute approximate surface area is 65.0 Å². The van der Waals surface area contributed by atoms with E-state index in [0.29, 0.717) is 6.07 Å². The van der Waals surface area contributed by atoms with Crippen LogP contribution in [0.1, 0.15) is 5.69 Å². The van der Waals surface area contributed by atoms with Gasteiger partial charge in [-0.1, -0.05) is 11.6 Å². The molecule has 0 atom stereocenters. The minimum absolute atomic E-state index is 0.271. The van der Waals surface area contributed by atoms with E-state index < -0.39 is 11.9 Å². The van der Waals surface area contributed by atoms with Crippen molar-refractivity contribution in [2.75, 3.05) is 0 Å². The molecule has 11 heavy (non-hydrogen) atoms. The average Bonchev–Trinajstić information content (AvgIpc) is 1.86. The SMILES string of the molecule is FC(F)(F)c1cc(Cl)n[c]n1. The molecule has 1 radical (unpaired) electrons. The van der Waals surface area contributed by atoms with Crippen LogP contribution in [0, 0.1) is 6.33 Å². The highest BCUT2D eigenvalue weighted by molar-refractivity contribution is 6.29. The molecule has 1 aromatic rings. The maximum absolute atomic E-state index is 11.8. The zero-order chi connectivity index (χ0) is 8.48. The van der Waals surface area contributed by atoms with E-state index >= 15 is 0 Å². The number of alkyl halides is 3. The highest BCUT2D eigenvalue weighted by Gasteiger charge is 2.32. The first-order valence-electron chi connectivity index (χ1n) is 2.48. The molecule has 0 saturated carbocycles. The summed E-state index contributed by atoms with van der Waals surface area (Å²) in [5, 5.41) is -0.271. The van der Waals surface area contributed by atoms with E-state index in [1.165, 1.54) is 0 Å². The van der Waals surface area contributed by atoms with Gasteiger partial charge in [-0.05, 0) is 0 Å². The van der Waals surface area contributed by atoms with E-state index in [9.17, 15) is 13.2 Å². The molecule has 0 spiro atoms. The van der Waals surface area contributed by atoms with Gasteiger partial charge in [-0.25, -0.2) is 9.97 Å². The van der Waals surface area contributed by atoms with Crippen molar-refractivity contribution in [1.29, 1.82) is 0 Å². The van der Waals surface area contributed by atoms with Gasteiger partial charge in [0.1, 0.15) is 10.8 Å². The van der Waals surface area contributed by atoms with Crippen LogP contribution >= 0.6 is 11.6 Å². The van der Waals surface area contributed by atoms with Crippen molar-refractivity contribution in [2.24, 2.45) is 0 Å². The van der Waals surface area contributed by atoms with Gasteiger partial charge in [0.2, 0.25) is 0 Å². The van der Waals surface area contributed by atoms with Crippen LogP contribution in [-0.4, -0.2) is 9.97 Å². The number of halogens is 4. The second-order valence-corrected chi connectivity index (χ2v) is 2.06. The fourth-order valence-electron chi connectivity index (χ4n) is 0.449. The summed E-state index contributed by atoms with van der Waals surface area (Å²) in [7, 11) is 0. The lowest BCUT2D eigenvalue weighted by Gasteiger charge is -2.02. The van der Waals surface area contributed by atoms with Gasteiger partial charge in [-0.2, -0.15) is 13.2 Å². The standard InChI is InChI=1S/C5HClF3N2/c6-4-1-3(5(7,8)9)10-2-11-4/h1H. The molecule has 1 heterocycles. The number of rotatable bonds is 0. The summed E-state index contributed by atoms with van der Waals surface area (Å²) in [6.45, 7) is 0. The van der Waals surface area contributed by atoms with E-state index in [4.69, 9.17) is 11.6 Å². The third-order valence-corrected chi connectivity index (χ3v) is 1.07. The average molecular weight is 182 g/mol. The molecule has 6 heteroatoms. The first-order valence-corrected chi connectivity index (χ1v) is 2.86. The maximum atomic E-state index is 11.8. The van der Waals surface area contributed by atoms with Crippen LogP contribution in [0.15, 0.2) is 6.07 Å². The molecule has 1 rings (SSSR count). The van der Waals surface area contributed by atoms with Gasteiger partial charge in [-0.15, -0.1) is 0 Å². The lowest BCUT2D eigenvalue weighted by atomic mass is 10.4. The summed E-state index contributed by atoms with van der Waals surface area (Å²) in [5.41, 5.74) is -1.09.